The van der Waals surface area contributed by atoms with Crippen molar-refractivity contribution >= 4 is 34.2 Å². The Morgan fingerprint density at radius 1 is 0.941 bits per heavy atom. The number of aliphatic imine (C=N–C) groups is 1. The molecule has 0 unspecified atom stereocenters. The molecule has 1 aromatic rings. The molecule has 0 aliphatic carbocycles. The van der Waals surface area contributed by atoms with Crippen LogP contribution in [0, 0.1) is 0 Å². The average molecular weight is 384 g/mol. The van der Waals surface area contributed by atoms with Crippen molar-refractivity contribution in [1.82, 2.24) is 9.80 Å². The molecular formula is C12H20IN3V. The van der Waals surface area contributed by atoms with Crippen molar-refractivity contribution in [2.75, 3.05) is 33.1 Å². The van der Waals surface area contributed by atoms with Crippen LogP contribution in [0.15, 0.2) is 35.3 Å². The van der Waals surface area contributed by atoms with Gasteiger partial charge in [-0.05, 0) is 17.1 Å². The van der Waals surface area contributed by atoms with Gasteiger partial charge in [0.25, 0.3) is 0 Å². The minimum Gasteiger partial charge on any atom is -0.349 e. The summed E-state index contributed by atoms with van der Waals surface area (Å²) in [7, 11) is 7.95. The van der Waals surface area contributed by atoms with Crippen LogP contribution >= 0.6 is 22.6 Å². The molecule has 0 saturated carbocycles. The monoisotopic (exact) mass is 384 g/mol. The summed E-state index contributed by atoms with van der Waals surface area (Å²) in [6.07, 6.45) is 0. The normalized spacial score (nSPS) is 8.12. The summed E-state index contributed by atoms with van der Waals surface area (Å²) in [6, 6.07) is 9.95. The zero-order chi connectivity index (χ0) is 12.6. The van der Waals surface area contributed by atoms with Gasteiger partial charge in [-0.25, -0.2) is 4.99 Å². The smallest absolute Gasteiger partial charge is 0.200 e. The fourth-order valence-electron chi connectivity index (χ4n) is 1.22. The van der Waals surface area contributed by atoms with Crippen LogP contribution in [-0.4, -0.2) is 48.9 Å². The van der Waals surface area contributed by atoms with Crippen molar-refractivity contribution in [2.45, 2.75) is 0 Å². The molecule has 0 spiro atoms. The van der Waals surface area contributed by atoms with Crippen LogP contribution < -0.4 is 0 Å². The van der Waals surface area contributed by atoms with Gasteiger partial charge in [-0.3, -0.25) is 0 Å². The number of alkyl halides is 1. The Balaban J connectivity index is 0. The summed E-state index contributed by atoms with van der Waals surface area (Å²) in [4.78, 5) is 10.5. The Kier molecular flexibility index (Phi) is 12.3. The van der Waals surface area contributed by atoms with Crippen LogP contribution in [0.25, 0.3) is 0 Å². The minimum atomic E-state index is 0. The van der Waals surface area contributed by atoms with E-state index >= 15 is 0 Å². The molecule has 3 nitrogen and oxygen atoms in total. The topological polar surface area (TPSA) is 18.8 Å². The van der Waals surface area contributed by atoms with E-state index in [0.29, 0.717) is 0 Å². The zero-order valence-electron chi connectivity index (χ0n) is 11.1. The van der Waals surface area contributed by atoms with Crippen LogP contribution in [-0.2, 0) is 18.6 Å². The predicted octanol–water partition coefficient (Wildman–Crippen LogP) is 2.85. The maximum Gasteiger partial charge on any atom is 0.200 e. The quantitative estimate of drug-likeness (QED) is 0.321. The van der Waals surface area contributed by atoms with Gasteiger partial charge in [0.1, 0.15) is 0 Å². The SMILES string of the molecule is CI.CN(C)C(=Nc1ccccc1)N(C)C.[V]. The molecule has 1 radical (unpaired) electrons. The molecule has 5 heteroatoms. The van der Waals surface area contributed by atoms with E-state index in [0.717, 1.165) is 11.6 Å². The molecular weight excluding hydrogens is 364 g/mol. The number of hydrogen-bond donors (Lipinski definition) is 0. The van der Waals surface area contributed by atoms with Crippen LogP contribution in [0.4, 0.5) is 5.69 Å². The predicted molar refractivity (Wildman–Crippen MR) is 80.9 cm³/mol. The molecule has 0 heterocycles. The van der Waals surface area contributed by atoms with Crippen molar-refractivity contribution in [3.8, 4) is 0 Å². The number of hydrogen-bond acceptors (Lipinski definition) is 1. The summed E-state index contributed by atoms with van der Waals surface area (Å²) in [5.41, 5.74) is 0.977. The second-order valence-electron chi connectivity index (χ2n) is 3.54. The Labute approximate surface area is 130 Å². The van der Waals surface area contributed by atoms with Crippen LogP contribution in [0.1, 0.15) is 0 Å². The van der Waals surface area contributed by atoms with Gasteiger partial charge in [-0.2, -0.15) is 0 Å². The first kappa shape index (κ1) is 19.2. The molecule has 0 aliphatic rings. The van der Waals surface area contributed by atoms with Gasteiger partial charge in [0.05, 0.1) is 5.69 Å². The van der Waals surface area contributed by atoms with Crippen molar-refractivity contribution in [1.29, 1.82) is 0 Å². The molecule has 0 aliphatic heterocycles. The zero-order valence-corrected chi connectivity index (χ0v) is 14.6. The first-order valence-corrected chi connectivity index (χ1v) is 7.13. The van der Waals surface area contributed by atoms with Gasteiger partial charge in [0.2, 0.25) is 5.96 Å². The van der Waals surface area contributed by atoms with Crippen LogP contribution in [0.3, 0.4) is 0 Å². The van der Waals surface area contributed by atoms with Crippen molar-refractivity contribution in [2.24, 2.45) is 4.99 Å². The van der Waals surface area contributed by atoms with Crippen molar-refractivity contribution < 1.29 is 18.6 Å². The third kappa shape index (κ3) is 7.68. The second kappa shape index (κ2) is 10.9. The number of guanidine groups is 1. The minimum absolute atomic E-state index is 0. The molecule has 0 amide bonds. The largest absolute Gasteiger partial charge is 0.349 e. The number of rotatable bonds is 1. The van der Waals surface area contributed by atoms with E-state index in [1.807, 2.05) is 73.3 Å². The van der Waals surface area contributed by atoms with Crippen LogP contribution in [0.2, 0.25) is 0 Å². The molecule has 95 valence electrons. The number of nitrogens with zero attached hydrogens (tertiary/aromatic N) is 3. The Morgan fingerprint density at radius 3 is 1.71 bits per heavy atom. The number of para-hydroxylation sites is 1. The van der Waals surface area contributed by atoms with E-state index in [1.54, 1.807) is 0 Å². The average Bonchev–Trinajstić information content (AvgIpc) is 2.29. The Morgan fingerprint density at radius 2 is 1.35 bits per heavy atom. The molecule has 1 rings (SSSR count). The molecule has 0 N–H and O–H groups in total. The maximum atomic E-state index is 4.53. The van der Waals surface area contributed by atoms with Gasteiger partial charge in [-0.15, -0.1) is 0 Å². The second-order valence-corrected chi connectivity index (χ2v) is 3.54. The Hall–Kier alpha value is -0.196. The fourth-order valence-corrected chi connectivity index (χ4v) is 1.22. The fraction of sp³-hybridized carbons (Fsp3) is 0.417. The maximum absolute atomic E-state index is 4.53. The van der Waals surface area contributed by atoms with Gasteiger partial charge < -0.3 is 9.80 Å². The molecule has 0 bridgehead atoms. The van der Waals surface area contributed by atoms with Crippen LogP contribution in [0.5, 0.6) is 0 Å². The van der Waals surface area contributed by atoms with E-state index in [-0.39, 0.29) is 18.6 Å². The third-order valence-corrected chi connectivity index (χ3v) is 1.79. The standard InChI is InChI=1S/C11H17N3.CH3I.V/c1-13(2)11(14(3)4)12-10-8-6-5-7-9-10;1-2;/h5-9H,1-4H3;1H3;. The van der Waals surface area contributed by atoms with E-state index in [4.69, 9.17) is 0 Å². The summed E-state index contributed by atoms with van der Waals surface area (Å²) in [5.74, 6) is 0.941. The molecule has 0 atom stereocenters. The first-order valence-electron chi connectivity index (χ1n) is 4.97. The number of benzene rings is 1. The van der Waals surface area contributed by atoms with E-state index in [9.17, 15) is 0 Å². The molecule has 1 aromatic carbocycles. The summed E-state index contributed by atoms with van der Waals surface area (Å²) >= 11 is 2.15. The van der Waals surface area contributed by atoms with E-state index in [1.165, 1.54) is 0 Å². The van der Waals surface area contributed by atoms with Crippen molar-refractivity contribution in [3.63, 3.8) is 0 Å². The number of halogens is 1. The van der Waals surface area contributed by atoms with E-state index < -0.39 is 0 Å². The Bertz CT molecular complexity index is 303. The molecule has 17 heavy (non-hydrogen) atoms. The summed E-state index contributed by atoms with van der Waals surface area (Å²) in [6.45, 7) is 0. The summed E-state index contributed by atoms with van der Waals surface area (Å²) < 4.78 is 0. The van der Waals surface area contributed by atoms with Gasteiger partial charge in [0, 0.05) is 46.7 Å². The molecule has 0 aromatic heterocycles. The van der Waals surface area contributed by atoms with Crippen molar-refractivity contribution in [3.05, 3.63) is 30.3 Å². The molecule has 0 saturated heterocycles. The van der Waals surface area contributed by atoms with Gasteiger partial charge in [-0.1, -0.05) is 40.8 Å². The molecule has 0 fully saturated rings. The van der Waals surface area contributed by atoms with Gasteiger partial charge >= 0.3 is 0 Å². The first-order chi connectivity index (χ1) is 7.61. The van der Waals surface area contributed by atoms with Gasteiger partial charge in [0.15, 0.2) is 0 Å². The third-order valence-electron chi connectivity index (χ3n) is 1.79. The summed E-state index contributed by atoms with van der Waals surface area (Å²) in [5, 5.41) is 0. The van der Waals surface area contributed by atoms with E-state index in [2.05, 4.69) is 27.6 Å².